The number of nitrogens with one attached hydrogen (secondary N) is 1. The van der Waals surface area contributed by atoms with Crippen LogP contribution in [0.5, 0.6) is 0 Å². The first-order valence-corrected chi connectivity index (χ1v) is 6.04. The molecule has 1 N–H and O–H groups in total. The molecule has 2 nitrogen and oxygen atoms in total. The number of dihydropyridines is 1. The summed E-state index contributed by atoms with van der Waals surface area (Å²) in [7, 11) is 0. The molecule has 1 aliphatic heterocycles. The van der Waals surface area contributed by atoms with Crippen molar-refractivity contribution in [1.29, 1.82) is 0 Å². The lowest BCUT2D eigenvalue weighted by molar-refractivity contribution is -0.114. The molecule has 2 atom stereocenters. The van der Waals surface area contributed by atoms with Gasteiger partial charge < -0.3 is 5.32 Å². The van der Waals surface area contributed by atoms with Crippen LogP contribution in [0.4, 0.5) is 0 Å². The van der Waals surface area contributed by atoms with Gasteiger partial charge in [-0.2, -0.15) is 0 Å². The lowest BCUT2D eigenvalue weighted by atomic mass is 9.87. The largest absolute Gasteiger partial charge is 0.374 e. The van der Waals surface area contributed by atoms with Gasteiger partial charge in [-0.15, -0.1) is 11.6 Å². The minimum atomic E-state index is -0.560. The van der Waals surface area contributed by atoms with Gasteiger partial charge in [0.1, 0.15) is 5.38 Å². The maximum Gasteiger partial charge on any atom is 0.181 e. The summed E-state index contributed by atoms with van der Waals surface area (Å²) in [6.07, 6.45) is 12.1. The molecule has 0 saturated heterocycles. The highest BCUT2D eigenvalue weighted by Crippen LogP contribution is 2.31. The molecule has 0 fully saturated rings. The number of carbonyl (C=O) groups is 1. The summed E-state index contributed by atoms with van der Waals surface area (Å²) in [5, 5.41) is 2.84. The van der Waals surface area contributed by atoms with E-state index in [4.69, 9.17) is 11.6 Å². The molecule has 0 aromatic rings. The number of carbonyl (C=O) groups excluding carboxylic acids is 1. The van der Waals surface area contributed by atoms with Gasteiger partial charge in [-0.1, -0.05) is 24.3 Å². The first-order chi connectivity index (χ1) is 8.16. The van der Waals surface area contributed by atoms with Crippen molar-refractivity contribution in [3.05, 3.63) is 58.9 Å². The van der Waals surface area contributed by atoms with E-state index in [1.165, 1.54) is 0 Å². The molecule has 3 rings (SSSR count). The third-order valence-electron chi connectivity index (χ3n) is 3.26. The quantitative estimate of drug-likeness (QED) is 0.664. The van der Waals surface area contributed by atoms with Crippen molar-refractivity contribution < 1.29 is 4.79 Å². The first-order valence-electron chi connectivity index (χ1n) is 5.60. The lowest BCUT2D eigenvalue weighted by Gasteiger charge is -2.31. The summed E-state index contributed by atoms with van der Waals surface area (Å²) in [6.45, 7) is 1.80. The Bertz CT molecular complexity index is 549. The maximum absolute atomic E-state index is 11.8. The van der Waals surface area contributed by atoms with Crippen LogP contribution in [0.3, 0.4) is 0 Å². The molecule has 0 saturated carbocycles. The van der Waals surface area contributed by atoms with Gasteiger partial charge in [0, 0.05) is 11.3 Å². The van der Waals surface area contributed by atoms with E-state index in [-0.39, 0.29) is 11.8 Å². The number of hydrogen-bond acceptors (Lipinski definition) is 2. The molecular weight excluding hydrogens is 234 g/mol. The first kappa shape index (κ1) is 10.6. The third kappa shape index (κ3) is 1.60. The number of allylic oxidation sites excluding steroid dienone is 6. The summed E-state index contributed by atoms with van der Waals surface area (Å²) in [4.78, 5) is 11.8. The Balaban J connectivity index is 2.08. The molecule has 0 radical (unpaired) electrons. The van der Waals surface area contributed by atoms with E-state index < -0.39 is 5.38 Å². The zero-order chi connectivity index (χ0) is 12.0. The second kappa shape index (κ2) is 3.74. The molecule has 17 heavy (non-hydrogen) atoms. The van der Waals surface area contributed by atoms with E-state index in [1.807, 2.05) is 30.4 Å². The summed E-state index contributed by atoms with van der Waals surface area (Å²) in [6, 6.07) is 0.194. The average molecular weight is 246 g/mol. The Kier molecular flexibility index (Phi) is 2.33. The predicted molar refractivity (Wildman–Crippen MR) is 68.7 cm³/mol. The molecule has 2 aliphatic carbocycles. The standard InChI is InChI=1S/C14H12ClNO/c1-8-6-12-10(13(15)14(8)17)7-9-4-2-3-5-11(9)16-12/h2-7,11,13,16H,1H3. The Labute approximate surface area is 105 Å². The van der Waals surface area contributed by atoms with Crippen LogP contribution < -0.4 is 5.32 Å². The van der Waals surface area contributed by atoms with Gasteiger partial charge in [-0.05, 0) is 30.2 Å². The highest BCUT2D eigenvalue weighted by atomic mass is 35.5. The van der Waals surface area contributed by atoms with Crippen molar-refractivity contribution >= 4 is 17.4 Å². The fraction of sp³-hybridized carbons (Fsp3) is 0.214. The van der Waals surface area contributed by atoms with Gasteiger partial charge in [0.05, 0.1) is 6.04 Å². The van der Waals surface area contributed by atoms with Gasteiger partial charge in [0.15, 0.2) is 5.78 Å². The number of hydrogen-bond donors (Lipinski definition) is 1. The molecule has 2 unspecified atom stereocenters. The highest BCUT2D eigenvalue weighted by molar-refractivity contribution is 6.36. The van der Waals surface area contributed by atoms with Gasteiger partial charge in [-0.3, -0.25) is 4.79 Å². The molecule has 0 amide bonds. The van der Waals surface area contributed by atoms with Crippen molar-refractivity contribution in [2.45, 2.75) is 18.3 Å². The predicted octanol–water partition coefficient (Wildman–Crippen LogP) is 2.40. The van der Waals surface area contributed by atoms with Crippen LogP contribution in [-0.4, -0.2) is 17.2 Å². The van der Waals surface area contributed by atoms with Gasteiger partial charge in [-0.25, -0.2) is 0 Å². The molecule has 1 heterocycles. The Hall–Kier alpha value is -1.54. The van der Waals surface area contributed by atoms with Crippen LogP contribution in [0, 0.1) is 0 Å². The highest BCUT2D eigenvalue weighted by Gasteiger charge is 2.31. The number of ketones is 1. The molecule has 0 bridgehead atoms. The number of rotatable bonds is 0. The molecule has 0 aromatic carbocycles. The topological polar surface area (TPSA) is 29.1 Å². The Morgan fingerprint density at radius 1 is 1.29 bits per heavy atom. The fourth-order valence-electron chi connectivity index (χ4n) is 2.30. The van der Waals surface area contributed by atoms with E-state index >= 15 is 0 Å². The van der Waals surface area contributed by atoms with E-state index in [2.05, 4.69) is 11.4 Å². The molecule has 3 heteroatoms. The van der Waals surface area contributed by atoms with Crippen LogP contribution in [0.2, 0.25) is 0 Å². The molecule has 0 aromatic heterocycles. The SMILES string of the molecule is CC1=CC2=C(C=C3C=CC=CC3N2)C(Cl)C1=O. The Morgan fingerprint density at radius 2 is 2.12 bits per heavy atom. The van der Waals surface area contributed by atoms with Gasteiger partial charge in [0.2, 0.25) is 0 Å². The number of Topliss-reactive ketones (excluding diaryl/α,β-unsaturated/α-hetero) is 1. The molecule has 86 valence electrons. The van der Waals surface area contributed by atoms with Gasteiger partial charge in [0.25, 0.3) is 0 Å². The number of halogens is 1. The lowest BCUT2D eigenvalue weighted by Crippen LogP contribution is -2.37. The van der Waals surface area contributed by atoms with E-state index in [0.717, 1.165) is 16.8 Å². The van der Waals surface area contributed by atoms with Crippen molar-refractivity contribution in [3.8, 4) is 0 Å². The van der Waals surface area contributed by atoms with Crippen molar-refractivity contribution in [3.63, 3.8) is 0 Å². The molecule has 0 spiro atoms. The maximum atomic E-state index is 11.8. The summed E-state index contributed by atoms with van der Waals surface area (Å²) in [5.41, 5.74) is 3.71. The van der Waals surface area contributed by atoms with Gasteiger partial charge >= 0.3 is 0 Å². The number of fused-ring (bicyclic) bond motifs is 1. The average Bonchev–Trinajstić information content (AvgIpc) is 2.34. The second-order valence-corrected chi connectivity index (χ2v) is 4.87. The summed E-state index contributed by atoms with van der Waals surface area (Å²) < 4.78 is 0. The zero-order valence-electron chi connectivity index (χ0n) is 9.41. The third-order valence-corrected chi connectivity index (χ3v) is 3.69. The molecule has 3 aliphatic rings. The Morgan fingerprint density at radius 3 is 2.94 bits per heavy atom. The molecular formula is C14H12ClNO. The monoisotopic (exact) mass is 245 g/mol. The normalized spacial score (nSPS) is 30.4. The summed E-state index contributed by atoms with van der Waals surface area (Å²) in [5.74, 6) is -0.00199. The van der Waals surface area contributed by atoms with Crippen LogP contribution in [0.15, 0.2) is 58.9 Å². The van der Waals surface area contributed by atoms with E-state index in [1.54, 1.807) is 6.92 Å². The van der Waals surface area contributed by atoms with Crippen LogP contribution in [0.1, 0.15) is 6.92 Å². The van der Waals surface area contributed by atoms with E-state index in [9.17, 15) is 4.79 Å². The minimum Gasteiger partial charge on any atom is -0.374 e. The second-order valence-electron chi connectivity index (χ2n) is 4.43. The smallest absolute Gasteiger partial charge is 0.181 e. The number of alkyl halides is 1. The van der Waals surface area contributed by atoms with Crippen LogP contribution in [0.25, 0.3) is 0 Å². The minimum absolute atomic E-state index is 0.00199. The van der Waals surface area contributed by atoms with E-state index in [0.29, 0.717) is 5.57 Å². The fourth-order valence-corrected chi connectivity index (χ4v) is 2.65. The summed E-state index contributed by atoms with van der Waals surface area (Å²) >= 11 is 6.19. The van der Waals surface area contributed by atoms with Crippen LogP contribution in [-0.2, 0) is 4.79 Å². The van der Waals surface area contributed by atoms with Crippen molar-refractivity contribution in [1.82, 2.24) is 5.32 Å². The van der Waals surface area contributed by atoms with Crippen LogP contribution >= 0.6 is 11.6 Å². The van der Waals surface area contributed by atoms with Crippen molar-refractivity contribution in [2.24, 2.45) is 0 Å². The van der Waals surface area contributed by atoms with Crippen molar-refractivity contribution in [2.75, 3.05) is 0 Å². The zero-order valence-corrected chi connectivity index (χ0v) is 10.2.